The first-order valence-corrected chi connectivity index (χ1v) is 8.07. The highest BCUT2D eigenvalue weighted by molar-refractivity contribution is 6.27. The molecular weight excluding hydrogens is 296 g/mol. The van der Waals surface area contributed by atoms with Crippen molar-refractivity contribution in [3.8, 4) is 0 Å². The molecule has 0 spiro atoms. The van der Waals surface area contributed by atoms with Gasteiger partial charge in [0.1, 0.15) is 0 Å². The predicted molar refractivity (Wildman–Crippen MR) is 88.4 cm³/mol. The lowest BCUT2D eigenvalue weighted by Crippen LogP contribution is -3.11. The van der Waals surface area contributed by atoms with Crippen LogP contribution in [0.15, 0.2) is 17.6 Å². The first kappa shape index (κ1) is 19.0. The van der Waals surface area contributed by atoms with Crippen molar-refractivity contribution in [1.82, 2.24) is 10.2 Å². The predicted octanol–water partition coefficient (Wildman–Crippen LogP) is -0.357. The van der Waals surface area contributed by atoms with Gasteiger partial charge in [0.05, 0.1) is 19.6 Å². The van der Waals surface area contributed by atoms with E-state index >= 15 is 0 Å². The van der Waals surface area contributed by atoms with E-state index in [0.29, 0.717) is 12.3 Å². The van der Waals surface area contributed by atoms with Gasteiger partial charge in [-0.1, -0.05) is 6.08 Å². The molecule has 7 heteroatoms. The molecule has 128 valence electrons. The number of carbonyl (C=O) groups excluding carboxylic acids is 3. The summed E-state index contributed by atoms with van der Waals surface area (Å²) in [5.41, 5.74) is 0.448. The standard InChI is InChI=1S/C16H26N4O3/c1-5-10-20-15(22)13(14(21)18-16(20)23)12(4)17-9-8-11-19(6-2)7-3/h5,13H,1,6-11H2,2-4H3,(H,18,21,23)/p+1. The van der Waals surface area contributed by atoms with Crippen molar-refractivity contribution < 1.29 is 19.3 Å². The Labute approximate surface area is 137 Å². The molecule has 0 aromatic carbocycles. The lowest BCUT2D eigenvalue weighted by molar-refractivity contribution is -0.896. The normalized spacial score (nSPS) is 19.3. The van der Waals surface area contributed by atoms with Crippen LogP contribution in [0.25, 0.3) is 0 Å². The Morgan fingerprint density at radius 3 is 2.57 bits per heavy atom. The summed E-state index contributed by atoms with van der Waals surface area (Å²) < 4.78 is 0. The average Bonchev–Trinajstić information content (AvgIpc) is 2.51. The number of imide groups is 2. The summed E-state index contributed by atoms with van der Waals surface area (Å²) in [6, 6.07) is -0.700. The Hall–Kier alpha value is -2.02. The van der Waals surface area contributed by atoms with Crippen molar-refractivity contribution in [3.63, 3.8) is 0 Å². The van der Waals surface area contributed by atoms with E-state index in [-0.39, 0.29) is 6.54 Å². The van der Waals surface area contributed by atoms with Crippen LogP contribution in [0.1, 0.15) is 27.2 Å². The van der Waals surface area contributed by atoms with E-state index in [1.54, 1.807) is 6.92 Å². The molecule has 1 rings (SSSR count). The van der Waals surface area contributed by atoms with Gasteiger partial charge in [0.2, 0.25) is 11.8 Å². The minimum atomic E-state index is -1.02. The van der Waals surface area contributed by atoms with E-state index in [9.17, 15) is 14.4 Å². The molecule has 1 fully saturated rings. The second-order valence-electron chi connectivity index (χ2n) is 5.55. The average molecular weight is 323 g/mol. The smallest absolute Gasteiger partial charge is 0.331 e. The highest BCUT2D eigenvalue weighted by Crippen LogP contribution is 2.13. The van der Waals surface area contributed by atoms with E-state index in [4.69, 9.17) is 0 Å². The number of amides is 4. The fraction of sp³-hybridized carbons (Fsp3) is 0.625. The number of carbonyl (C=O) groups is 3. The molecular formula is C16H27N4O3+. The zero-order valence-electron chi connectivity index (χ0n) is 14.2. The highest BCUT2D eigenvalue weighted by Gasteiger charge is 2.41. The molecule has 4 amide bonds. The van der Waals surface area contributed by atoms with Gasteiger partial charge in [-0.3, -0.25) is 24.8 Å². The van der Waals surface area contributed by atoms with Crippen LogP contribution in [0.5, 0.6) is 0 Å². The molecule has 0 saturated carbocycles. The zero-order chi connectivity index (χ0) is 17.4. The van der Waals surface area contributed by atoms with E-state index in [2.05, 4.69) is 30.7 Å². The molecule has 1 heterocycles. The molecule has 23 heavy (non-hydrogen) atoms. The third-order valence-corrected chi connectivity index (χ3v) is 4.03. The topological polar surface area (TPSA) is 83.3 Å². The number of urea groups is 1. The van der Waals surface area contributed by atoms with Gasteiger partial charge in [-0.2, -0.15) is 0 Å². The summed E-state index contributed by atoms with van der Waals surface area (Å²) in [7, 11) is 0. The van der Waals surface area contributed by atoms with E-state index < -0.39 is 23.8 Å². The number of nitrogens with one attached hydrogen (secondary N) is 2. The minimum Gasteiger partial charge on any atom is -0.335 e. The number of aliphatic imine (C=N–C) groups is 1. The van der Waals surface area contributed by atoms with E-state index in [0.717, 1.165) is 31.0 Å². The second-order valence-corrected chi connectivity index (χ2v) is 5.55. The molecule has 0 aromatic rings. The Kier molecular flexibility index (Phi) is 7.61. The number of barbiturate groups is 1. The zero-order valence-corrected chi connectivity index (χ0v) is 14.2. The van der Waals surface area contributed by atoms with Crippen LogP contribution in [-0.4, -0.2) is 61.2 Å². The van der Waals surface area contributed by atoms with Crippen molar-refractivity contribution in [2.75, 3.05) is 32.7 Å². The third-order valence-electron chi connectivity index (χ3n) is 4.03. The lowest BCUT2D eigenvalue weighted by atomic mass is 9.99. The largest absolute Gasteiger partial charge is 0.335 e. The van der Waals surface area contributed by atoms with Crippen molar-refractivity contribution in [1.29, 1.82) is 0 Å². The monoisotopic (exact) mass is 323 g/mol. The van der Waals surface area contributed by atoms with Crippen molar-refractivity contribution in [3.05, 3.63) is 12.7 Å². The fourth-order valence-corrected chi connectivity index (χ4v) is 2.56. The number of hydrogen-bond donors (Lipinski definition) is 2. The van der Waals surface area contributed by atoms with Crippen LogP contribution < -0.4 is 10.2 Å². The van der Waals surface area contributed by atoms with Crippen LogP contribution in [0.2, 0.25) is 0 Å². The van der Waals surface area contributed by atoms with Crippen molar-refractivity contribution >= 4 is 23.6 Å². The summed E-state index contributed by atoms with van der Waals surface area (Å²) in [4.78, 5) is 42.8. The van der Waals surface area contributed by atoms with Gasteiger partial charge in [-0.05, 0) is 20.8 Å². The molecule has 7 nitrogen and oxygen atoms in total. The number of quaternary nitrogens is 1. The van der Waals surface area contributed by atoms with E-state index in [1.165, 1.54) is 11.0 Å². The van der Waals surface area contributed by atoms with Crippen LogP contribution in [0.3, 0.4) is 0 Å². The van der Waals surface area contributed by atoms with Crippen molar-refractivity contribution in [2.24, 2.45) is 10.9 Å². The maximum absolute atomic E-state index is 12.3. The fourth-order valence-electron chi connectivity index (χ4n) is 2.56. The molecule has 0 aromatic heterocycles. The van der Waals surface area contributed by atoms with Crippen LogP contribution in [-0.2, 0) is 9.59 Å². The molecule has 1 aliphatic heterocycles. The number of rotatable bonds is 9. The van der Waals surface area contributed by atoms with Crippen molar-refractivity contribution in [2.45, 2.75) is 27.2 Å². The number of nitrogens with zero attached hydrogens (tertiary/aromatic N) is 2. The maximum Gasteiger partial charge on any atom is 0.331 e. The number of hydrogen-bond acceptors (Lipinski definition) is 4. The van der Waals surface area contributed by atoms with E-state index in [1.807, 2.05) is 0 Å². The van der Waals surface area contributed by atoms with Crippen LogP contribution >= 0.6 is 0 Å². The molecule has 0 bridgehead atoms. The molecule has 1 aliphatic rings. The second kappa shape index (κ2) is 9.19. The Bertz CT molecular complexity index is 498. The van der Waals surface area contributed by atoms with Gasteiger partial charge in [-0.25, -0.2) is 4.79 Å². The van der Waals surface area contributed by atoms with Crippen LogP contribution in [0, 0.1) is 5.92 Å². The van der Waals surface area contributed by atoms with Crippen LogP contribution in [0.4, 0.5) is 4.79 Å². The SMILES string of the molecule is C=CCN1C(=O)NC(=O)C(C(C)=NCCC[NH+](CC)CC)C1=O. The summed E-state index contributed by atoms with van der Waals surface area (Å²) in [6.07, 6.45) is 2.34. The first-order valence-electron chi connectivity index (χ1n) is 8.07. The lowest BCUT2D eigenvalue weighted by Gasteiger charge is -2.29. The summed E-state index contributed by atoms with van der Waals surface area (Å²) >= 11 is 0. The molecule has 0 aliphatic carbocycles. The molecule has 1 saturated heterocycles. The summed E-state index contributed by atoms with van der Waals surface area (Å²) in [6.45, 7) is 13.3. The summed E-state index contributed by atoms with van der Waals surface area (Å²) in [5.74, 6) is -2.15. The van der Waals surface area contributed by atoms with Gasteiger partial charge in [-0.15, -0.1) is 6.58 Å². The quantitative estimate of drug-likeness (QED) is 0.263. The van der Waals surface area contributed by atoms with Gasteiger partial charge < -0.3 is 4.90 Å². The Balaban J connectivity index is 2.68. The molecule has 0 radical (unpaired) electrons. The molecule has 1 unspecified atom stereocenters. The van der Waals surface area contributed by atoms with Gasteiger partial charge in [0.15, 0.2) is 5.92 Å². The Morgan fingerprint density at radius 1 is 1.35 bits per heavy atom. The van der Waals surface area contributed by atoms with Gasteiger partial charge >= 0.3 is 6.03 Å². The third kappa shape index (κ3) is 4.99. The van der Waals surface area contributed by atoms with Gasteiger partial charge in [0.25, 0.3) is 0 Å². The first-order chi connectivity index (χ1) is 11.0. The molecule has 2 N–H and O–H groups in total. The Morgan fingerprint density at radius 2 is 2.00 bits per heavy atom. The minimum absolute atomic E-state index is 0.0764. The molecule has 1 atom stereocenters. The van der Waals surface area contributed by atoms with Gasteiger partial charge in [0, 0.05) is 25.2 Å². The summed E-state index contributed by atoms with van der Waals surface area (Å²) in [5, 5.41) is 2.20. The maximum atomic E-state index is 12.3. The highest BCUT2D eigenvalue weighted by atomic mass is 16.2.